The van der Waals surface area contributed by atoms with Crippen LogP contribution >= 0.6 is 45.2 Å². The van der Waals surface area contributed by atoms with Gasteiger partial charge >= 0.3 is 5.97 Å². The van der Waals surface area contributed by atoms with E-state index in [0.29, 0.717) is 0 Å². The number of nitrogens with one attached hydrogen (secondary N) is 1. The monoisotopic (exact) mass is 459 g/mol. The molecule has 0 fully saturated rings. The molecule has 92 valence electrons. The van der Waals surface area contributed by atoms with Crippen LogP contribution in [0.1, 0.15) is 23.8 Å². The van der Waals surface area contributed by atoms with E-state index >= 15 is 0 Å². The van der Waals surface area contributed by atoms with E-state index in [-0.39, 0.29) is 5.69 Å². The molecule has 0 saturated heterocycles. The summed E-state index contributed by atoms with van der Waals surface area (Å²) in [4.78, 5) is 14.2. The second-order valence-corrected chi connectivity index (χ2v) is 8.52. The summed E-state index contributed by atoms with van der Waals surface area (Å²) >= 11 is 4.79. The normalized spacial score (nSPS) is 10.1. The predicted molar refractivity (Wildman–Crippen MR) is 83.0 cm³/mol. The number of aromatic amines is 1. The topological polar surface area (TPSA) is 78.9 Å². The maximum Gasteiger partial charge on any atom is 0.354 e. The Morgan fingerprint density at radius 1 is 1.53 bits per heavy atom. The molecule has 0 aliphatic rings. The summed E-state index contributed by atoms with van der Waals surface area (Å²) in [6.45, 7) is 2.18. The molecule has 0 atom stereocenters. The minimum Gasteiger partial charge on any atom is -0.477 e. The zero-order chi connectivity index (χ0) is 12.8. The SMILES string of the molecule is CCC(I)I.O=C(O)c1cc2cn[nH]c2cn1. The van der Waals surface area contributed by atoms with E-state index in [9.17, 15) is 4.79 Å². The smallest absolute Gasteiger partial charge is 0.354 e. The Hall–Kier alpha value is -0.450. The summed E-state index contributed by atoms with van der Waals surface area (Å²) in [5.41, 5.74) is 0.768. The van der Waals surface area contributed by atoms with Gasteiger partial charge in [-0.15, -0.1) is 0 Å². The minimum atomic E-state index is -1.03. The predicted octanol–water partition coefficient (Wildman–Crippen LogP) is 3.25. The van der Waals surface area contributed by atoms with Crippen LogP contribution in [-0.2, 0) is 0 Å². The number of carboxylic acid groups (broad SMARTS) is 1. The number of hydrogen-bond donors (Lipinski definition) is 2. The van der Waals surface area contributed by atoms with Gasteiger partial charge in [0.15, 0.2) is 0 Å². The lowest BCUT2D eigenvalue weighted by Crippen LogP contribution is -1.98. The van der Waals surface area contributed by atoms with Crippen LogP contribution in [0.5, 0.6) is 0 Å². The number of alkyl halides is 2. The lowest BCUT2D eigenvalue weighted by Gasteiger charge is -1.91. The summed E-state index contributed by atoms with van der Waals surface area (Å²) < 4.78 is 0.824. The molecule has 0 bridgehead atoms. The molecule has 0 unspecified atom stereocenters. The Balaban J connectivity index is 0.000000249. The first-order chi connectivity index (χ1) is 8.04. The van der Waals surface area contributed by atoms with Gasteiger partial charge in [0, 0.05) is 5.39 Å². The molecule has 17 heavy (non-hydrogen) atoms. The molecule has 0 radical (unpaired) electrons. The number of rotatable bonds is 2. The van der Waals surface area contributed by atoms with Crippen LogP contribution in [0.25, 0.3) is 10.9 Å². The van der Waals surface area contributed by atoms with E-state index in [1.807, 2.05) is 0 Å². The van der Waals surface area contributed by atoms with Gasteiger partial charge in [-0.25, -0.2) is 9.78 Å². The maximum atomic E-state index is 10.5. The molecule has 2 rings (SSSR count). The number of carboxylic acids is 1. The Kier molecular flexibility index (Phi) is 6.09. The molecule has 0 aliphatic carbocycles. The van der Waals surface area contributed by atoms with Gasteiger partial charge in [0.2, 0.25) is 0 Å². The van der Waals surface area contributed by atoms with Crippen LogP contribution in [0.4, 0.5) is 0 Å². The summed E-state index contributed by atoms with van der Waals surface area (Å²) in [7, 11) is 0. The molecule has 2 heterocycles. The highest BCUT2D eigenvalue weighted by atomic mass is 127. The average Bonchev–Trinajstić information content (AvgIpc) is 2.76. The van der Waals surface area contributed by atoms with E-state index < -0.39 is 5.97 Å². The van der Waals surface area contributed by atoms with E-state index in [2.05, 4.69) is 67.3 Å². The highest BCUT2D eigenvalue weighted by Gasteiger charge is 2.05. The van der Waals surface area contributed by atoms with Crippen molar-refractivity contribution in [3.05, 3.63) is 24.2 Å². The van der Waals surface area contributed by atoms with Crippen molar-refractivity contribution in [3.63, 3.8) is 0 Å². The van der Waals surface area contributed by atoms with Gasteiger partial charge in [0.1, 0.15) is 5.69 Å². The zero-order valence-corrected chi connectivity index (χ0v) is 13.3. The number of aromatic carboxylic acids is 1. The van der Waals surface area contributed by atoms with Gasteiger partial charge in [-0.3, -0.25) is 5.10 Å². The number of halogens is 2. The van der Waals surface area contributed by atoms with Gasteiger partial charge in [0.25, 0.3) is 0 Å². The molecule has 0 saturated carbocycles. The highest BCUT2D eigenvalue weighted by molar-refractivity contribution is 14.2. The van der Waals surface area contributed by atoms with E-state index in [1.54, 1.807) is 6.20 Å². The second-order valence-electron chi connectivity index (χ2n) is 3.13. The number of fused-ring (bicyclic) bond motifs is 1. The van der Waals surface area contributed by atoms with Crippen molar-refractivity contribution in [1.29, 1.82) is 0 Å². The number of nitrogens with zero attached hydrogens (tertiary/aromatic N) is 2. The van der Waals surface area contributed by atoms with Crippen LogP contribution < -0.4 is 0 Å². The van der Waals surface area contributed by atoms with Crippen LogP contribution in [0.15, 0.2) is 18.5 Å². The summed E-state index contributed by atoms with van der Waals surface area (Å²) in [6, 6.07) is 1.47. The fourth-order valence-electron chi connectivity index (χ4n) is 0.959. The largest absolute Gasteiger partial charge is 0.477 e. The molecule has 2 aromatic rings. The summed E-state index contributed by atoms with van der Waals surface area (Å²) in [6.07, 6.45) is 4.29. The number of H-pyrrole nitrogens is 1. The molecule has 2 aromatic heterocycles. The van der Waals surface area contributed by atoms with Gasteiger partial charge < -0.3 is 5.11 Å². The molecule has 0 spiro atoms. The van der Waals surface area contributed by atoms with E-state index in [1.165, 1.54) is 18.7 Å². The van der Waals surface area contributed by atoms with Gasteiger partial charge in [-0.05, 0) is 12.5 Å². The van der Waals surface area contributed by atoms with Crippen molar-refractivity contribution in [2.75, 3.05) is 0 Å². The van der Waals surface area contributed by atoms with Crippen molar-refractivity contribution >= 4 is 62.1 Å². The second kappa shape index (κ2) is 7.09. The van der Waals surface area contributed by atoms with Gasteiger partial charge in [-0.1, -0.05) is 52.1 Å². The number of carbonyl (C=O) groups is 1. The first-order valence-corrected chi connectivity index (χ1v) is 7.34. The van der Waals surface area contributed by atoms with E-state index in [4.69, 9.17) is 5.11 Å². The maximum absolute atomic E-state index is 10.5. The van der Waals surface area contributed by atoms with Crippen molar-refractivity contribution in [1.82, 2.24) is 15.2 Å². The molecule has 7 heteroatoms. The standard InChI is InChI=1S/C7H5N3O2.C3H6I2/c11-7(12)5-1-4-2-9-10-6(4)3-8-5;1-2-3(4)5/h1-3H,(H,9,10)(H,11,12);3H,2H2,1H3. The number of aromatic nitrogens is 3. The van der Waals surface area contributed by atoms with E-state index in [0.717, 1.165) is 12.8 Å². The average molecular weight is 459 g/mol. The Morgan fingerprint density at radius 2 is 2.18 bits per heavy atom. The lowest BCUT2D eigenvalue weighted by atomic mass is 10.3. The quantitative estimate of drug-likeness (QED) is 0.535. The van der Waals surface area contributed by atoms with Crippen molar-refractivity contribution in [2.24, 2.45) is 0 Å². The number of pyridine rings is 1. The van der Waals surface area contributed by atoms with Crippen LogP contribution in [0, 0.1) is 0 Å². The van der Waals surface area contributed by atoms with Crippen molar-refractivity contribution in [3.8, 4) is 0 Å². The molecule has 5 nitrogen and oxygen atoms in total. The molecule has 0 aromatic carbocycles. The Labute approximate surface area is 126 Å². The summed E-state index contributed by atoms with van der Waals surface area (Å²) in [5, 5.41) is 15.8. The highest BCUT2D eigenvalue weighted by Crippen LogP contribution is 2.12. The van der Waals surface area contributed by atoms with Crippen molar-refractivity contribution < 1.29 is 9.90 Å². The van der Waals surface area contributed by atoms with Crippen molar-refractivity contribution in [2.45, 2.75) is 15.3 Å². The fourth-order valence-corrected chi connectivity index (χ4v) is 0.959. The third-order valence-electron chi connectivity index (χ3n) is 1.85. The van der Waals surface area contributed by atoms with Crippen LogP contribution in [-0.4, -0.2) is 28.2 Å². The van der Waals surface area contributed by atoms with Gasteiger partial charge in [0.05, 0.1) is 19.8 Å². The number of hydrogen-bond acceptors (Lipinski definition) is 3. The Morgan fingerprint density at radius 3 is 2.71 bits per heavy atom. The molecule has 0 amide bonds. The first kappa shape index (κ1) is 14.6. The third kappa shape index (κ3) is 4.74. The molecular formula is C10H11I2N3O2. The van der Waals surface area contributed by atoms with Crippen LogP contribution in [0.2, 0.25) is 0 Å². The van der Waals surface area contributed by atoms with Gasteiger partial charge in [-0.2, -0.15) is 5.10 Å². The third-order valence-corrected chi connectivity index (χ3v) is 3.61. The molecule has 0 aliphatic heterocycles. The van der Waals surface area contributed by atoms with Crippen LogP contribution in [0.3, 0.4) is 0 Å². The lowest BCUT2D eigenvalue weighted by molar-refractivity contribution is 0.0691. The molecular weight excluding hydrogens is 448 g/mol. The Bertz CT molecular complexity index is 499. The minimum absolute atomic E-state index is 0.0314. The first-order valence-electron chi connectivity index (χ1n) is 4.85. The zero-order valence-electron chi connectivity index (χ0n) is 9.02. The molecule has 2 N–H and O–H groups in total. The fraction of sp³-hybridized carbons (Fsp3) is 0.300. The summed E-state index contributed by atoms with van der Waals surface area (Å²) in [5.74, 6) is -1.03.